The summed E-state index contributed by atoms with van der Waals surface area (Å²) in [5.41, 5.74) is -1.91. The summed E-state index contributed by atoms with van der Waals surface area (Å²) in [6.45, 7) is 56.6. The fraction of sp³-hybridized carbons (Fsp3) is 0.885. The van der Waals surface area contributed by atoms with Crippen molar-refractivity contribution in [3.63, 3.8) is 0 Å². The van der Waals surface area contributed by atoms with E-state index in [1.54, 1.807) is 0 Å². The van der Waals surface area contributed by atoms with Gasteiger partial charge in [0.25, 0.3) is 0 Å². The van der Waals surface area contributed by atoms with Crippen LogP contribution in [0.25, 0.3) is 0 Å². The van der Waals surface area contributed by atoms with E-state index in [-0.39, 0.29) is 148 Å². The fourth-order valence-corrected chi connectivity index (χ4v) is 1.10. The van der Waals surface area contributed by atoms with Crippen molar-refractivity contribution in [2.75, 3.05) is 39.6 Å². The number of carbonyl (C=O) groups is 2. The predicted molar refractivity (Wildman–Crippen MR) is 251 cm³/mol. The Kier molecular flexibility index (Phi) is 59.3. The maximum Gasteiger partial charge on any atom is 0.160 e. The van der Waals surface area contributed by atoms with Gasteiger partial charge in [0.2, 0.25) is 0 Å². The third-order valence-corrected chi connectivity index (χ3v) is 6.08. The summed E-state index contributed by atoms with van der Waals surface area (Å²) in [6, 6.07) is 0. The van der Waals surface area contributed by atoms with Gasteiger partial charge >= 0.3 is 0 Å². The molecule has 0 aliphatic rings. The Bertz CT molecular complexity index is 1010. The van der Waals surface area contributed by atoms with Gasteiger partial charge in [0.05, 0.1) is 0 Å². The van der Waals surface area contributed by atoms with Crippen molar-refractivity contribution in [1.29, 1.82) is 0 Å². The first-order valence-electron chi connectivity index (χ1n) is 21.8. The van der Waals surface area contributed by atoms with Gasteiger partial charge in [-0.1, -0.05) is 240 Å². The number of hydrogen-bond donors (Lipinski definition) is 0. The number of rotatable bonds is 2. The number of hydrogen-bond acceptors (Lipinski definition) is 10. The Labute approximate surface area is 437 Å². The predicted octanol–water partition coefficient (Wildman–Crippen LogP) is 5.90. The molecule has 0 unspecified atom stereocenters. The number of ketones is 2. The van der Waals surface area contributed by atoms with Gasteiger partial charge in [-0.3, -0.25) is 9.59 Å². The van der Waals surface area contributed by atoms with Gasteiger partial charge < -0.3 is 51.8 Å². The first kappa shape index (κ1) is 95.2. The average molecular weight is 1290 g/mol. The topological polar surface area (TPSA) is 276 Å². The molecule has 0 aliphatic heterocycles. The zero-order valence-electron chi connectivity index (χ0n) is 48.1. The third-order valence-electron chi connectivity index (χ3n) is 6.08. The second-order valence-corrected chi connectivity index (χ2v) is 27.0. The maximum atomic E-state index is 11.4. The molecule has 0 N–H and O–H groups in total. The molecule has 12 nitrogen and oxygen atoms in total. The molecule has 0 bridgehead atoms. The van der Waals surface area contributed by atoms with Crippen LogP contribution in [0.3, 0.4) is 0 Å². The van der Waals surface area contributed by atoms with Crippen molar-refractivity contribution in [2.24, 2.45) is 54.1 Å². The smallest absolute Gasteiger partial charge is 0.160 e. The Morgan fingerprint density at radius 3 is 0.424 bits per heavy atom. The molecule has 0 spiro atoms. The SMILES string of the molecule is CC(C)(C)C(=O)/C=C(\[O-])C(C)(C)C.CC(C)(C)C(=O)/C=C(\[O-])C(C)(C)C.CC(C)(C)C[O-].CC(C)(C)C[O-].CC(C)(C)C[O-].CC(C)(C)C[O-].CC(C)(C)C[O-].CC(C)(C)C[O-].[O-2].[O-2].[W].[W]. The first-order chi connectivity index (χ1) is 26.5. The van der Waals surface area contributed by atoms with Crippen LogP contribution < -0.4 is 40.9 Å². The molecular formula is C52H104O12W2-12. The van der Waals surface area contributed by atoms with E-state index in [9.17, 15) is 50.4 Å². The van der Waals surface area contributed by atoms with Gasteiger partial charge in [-0.05, 0) is 23.0 Å². The zero-order valence-corrected chi connectivity index (χ0v) is 54.0. The molecular weight excluding hydrogens is 1180 g/mol. The van der Waals surface area contributed by atoms with Crippen LogP contribution in [0, 0.1) is 54.1 Å². The van der Waals surface area contributed by atoms with Crippen molar-refractivity contribution >= 4 is 11.6 Å². The molecule has 0 fully saturated rings. The summed E-state index contributed by atoms with van der Waals surface area (Å²) in [6.07, 6.45) is 2.44. The Morgan fingerprint density at radius 1 is 0.288 bits per heavy atom. The molecule has 0 heterocycles. The molecule has 0 aromatic heterocycles. The van der Waals surface area contributed by atoms with E-state index in [2.05, 4.69) is 0 Å². The molecule has 0 aliphatic carbocycles. The molecule has 66 heavy (non-hydrogen) atoms. The Balaban J connectivity index is -0.0000000515. The summed E-state index contributed by atoms with van der Waals surface area (Å²) >= 11 is 0. The average Bonchev–Trinajstić information content (AvgIpc) is 3.03. The van der Waals surface area contributed by atoms with Crippen LogP contribution in [0.2, 0.25) is 0 Å². The normalized spacial score (nSPS) is 12.2. The second kappa shape index (κ2) is 41.1. The van der Waals surface area contributed by atoms with Gasteiger partial charge in [0.1, 0.15) is 0 Å². The van der Waals surface area contributed by atoms with Crippen molar-refractivity contribution in [3.8, 4) is 0 Å². The van der Waals surface area contributed by atoms with E-state index in [1.807, 2.05) is 208 Å². The van der Waals surface area contributed by atoms with E-state index in [1.165, 1.54) is 12.2 Å². The molecule has 0 aromatic carbocycles. The Morgan fingerprint density at radius 2 is 0.379 bits per heavy atom. The molecule has 0 saturated carbocycles. The van der Waals surface area contributed by atoms with Gasteiger partial charge in [0.15, 0.2) is 11.6 Å². The molecule has 408 valence electrons. The van der Waals surface area contributed by atoms with Gasteiger partial charge in [0, 0.05) is 53.0 Å². The van der Waals surface area contributed by atoms with Crippen molar-refractivity contribution < 1.29 is 104 Å². The van der Waals surface area contributed by atoms with Crippen molar-refractivity contribution in [2.45, 2.75) is 208 Å². The molecule has 0 saturated heterocycles. The first-order valence-corrected chi connectivity index (χ1v) is 21.8. The minimum Gasteiger partial charge on any atom is -2.00 e. The van der Waals surface area contributed by atoms with E-state index in [4.69, 9.17) is 0 Å². The monoisotopic (exact) mass is 1290 g/mol. The molecule has 0 aromatic rings. The number of carbonyl (C=O) groups excluding carboxylic acids is 2. The van der Waals surface area contributed by atoms with Crippen LogP contribution in [0.15, 0.2) is 23.7 Å². The minimum absolute atomic E-state index is 0. The molecule has 14 heteroatoms. The fourth-order valence-electron chi connectivity index (χ4n) is 1.10. The van der Waals surface area contributed by atoms with Gasteiger partial charge in [-0.2, -0.15) is 0 Å². The van der Waals surface area contributed by atoms with Crippen LogP contribution >= 0.6 is 0 Å². The summed E-state index contributed by atoms with van der Waals surface area (Å²) in [5, 5.41) is 82.6. The standard InChI is InChI=1S/2C11H20O2.6C5H11O.2O.2W/c2*1-10(2,3)8(12)7-9(13)11(4,5)6;6*1-5(2,3)4-6;;;;/h2*7,12H,1-6H3;6*4H2,1-3H3;;;;/q;;6*-1;2*-2;;/p-2/b2*8-7-;;;;;;;;;;. The van der Waals surface area contributed by atoms with Crippen LogP contribution in [-0.2, 0) is 62.7 Å². The van der Waals surface area contributed by atoms with Crippen LogP contribution in [0.1, 0.15) is 208 Å². The van der Waals surface area contributed by atoms with Crippen molar-refractivity contribution in [1.82, 2.24) is 0 Å². The molecule has 0 radical (unpaired) electrons. The largest absolute Gasteiger partial charge is 2.00 e. The maximum absolute atomic E-state index is 11.4. The number of allylic oxidation sites excluding steroid dienone is 4. The third kappa shape index (κ3) is 101. The van der Waals surface area contributed by atoms with E-state index in [0.717, 1.165) is 0 Å². The summed E-state index contributed by atoms with van der Waals surface area (Å²) < 4.78 is 0. The molecule has 0 amide bonds. The summed E-state index contributed by atoms with van der Waals surface area (Å²) in [5.74, 6) is -0.417. The van der Waals surface area contributed by atoms with Crippen LogP contribution in [0.4, 0.5) is 0 Å². The van der Waals surface area contributed by atoms with Crippen LogP contribution in [0.5, 0.6) is 0 Å². The minimum atomic E-state index is -0.457. The van der Waals surface area contributed by atoms with E-state index < -0.39 is 21.7 Å². The summed E-state index contributed by atoms with van der Waals surface area (Å²) in [7, 11) is 0. The quantitative estimate of drug-likeness (QED) is 0.233. The van der Waals surface area contributed by atoms with E-state index in [0.29, 0.717) is 0 Å². The Hall–Kier alpha value is -0.523. The molecule has 0 rings (SSSR count). The van der Waals surface area contributed by atoms with Gasteiger partial charge in [-0.25, -0.2) is 0 Å². The molecule has 0 atom stereocenters. The van der Waals surface area contributed by atoms with Gasteiger partial charge in [-0.15, -0.1) is 51.2 Å². The zero-order chi connectivity index (χ0) is 53.0. The summed E-state index contributed by atoms with van der Waals surface area (Å²) in [4.78, 5) is 22.9. The van der Waals surface area contributed by atoms with Crippen molar-refractivity contribution in [3.05, 3.63) is 23.7 Å². The van der Waals surface area contributed by atoms with E-state index >= 15 is 0 Å². The van der Waals surface area contributed by atoms with Crippen LogP contribution in [-0.4, -0.2) is 51.2 Å². The second-order valence-electron chi connectivity index (χ2n) is 27.0.